The number of nitrogens with one attached hydrogen (secondary N) is 1. The largest absolute Gasteiger partial charge is 0.496 e. The molecule has 0 atom stereocenters. The molecular formula is C22H24N4O2S. The summed E-state index contributed by atoms with van der Waals surface area (Å²) in [5, 5.41) is 13.7. The number of carbonyl (C=O) groups is 1. The number of benzene rings is 2. The number of carbonyl (C=O) groups excluding carboxylic acids is 1. The summed E-state index contributed by atoms with van der Waals surface area (Å²) in [6.07, 6.45) is 1.80. The molecule has 7 heteroatoms. The van der Waals surface area contributed by atoms with Crippen LogP contribution in [0, 0.1) is 0 Å². The van der Waals surface area contributed by atoms with Crippen LogP contribution >= 0.6 is 11.3 Å². The molecule has 0 saturated carbocycles. The maximum Gasteiger partial charge on any atom is 0.317 e. The number of ether oxygens (including phenoxy) is 1. The molecule has 29 heavy (non-hydrogen) atoms. The van der Waals surface area contributed by atoms with Crippen LogP contribution in [0.2, 0.25) is 0 Å². The molecule has 6 nitrogen and oxygen atoms in total. The molecule has 0 spiro atoms. The molecule has 2 amide bonds. The van der Waals surface area contributed by atoms with Crippen molar-refractivity contribution in [1.29, 1.82) is 0 Å². The first-order valence-corrected chi connectivity index (χ1v) is 10.6. The van der Waals surface area contributed by atoms with Crippen LogP contribution in [0.5, 0.6) is 5.75 Å². The van der Waals surface area contributed by atoms with Crippen LogP contribution in [0.15, 0.2) is 54.6 Å². The lowest BCUT2D eigenvalue weighted by molar-refractivity contribution is 0.181. The van der Waals surface area contributed by atoms with E-state index in [9.17, 15) is 4.79 Å². The van der Waals surface area contributed by atoms with E-state index in [2.05, 4.69) is 15.5 Å². The second kappa shape index (κ2) is 9.05. The maximum atomic E-state index is 12.4. The Morgan fingerprint density at radius 3 is 2.59 bits per heavy atom. The van der Waals surface area contributed by atoms with Crippen molar-refractivity contribution in [2.75, 3.05) is 20.2 Å². The Morgan fingerprint density at radius 2 is 1.83 bits per heavy atom. The number of para-hydroxylation sites is 1. The van der Waals surface area contributed by atoms with Crippen molar-refractivity contribution in [3.05, 3.63) is 65.2 Å². The van der Waals surface area contributed by atoms with Crippen molar-refractivity contribution in [1.82, 2.24) is 20.4 Å². The fourth-order valence-corrected chi connectivity index (χ4v) is 4.59. The van der Waals surface area contributed by atoms with E-state index >= 15 is 0 Å². The third kappa shape index (κ3) is 4.56. The van der Waals surface area contributed by atoms with Gasteiger partial charge in [-0.1, -0.05) is 53.8 Å². The molecule has 1 aliphatic heterocycles. The van der Waals surface area contributed by atoms with Gasteiger partial charge in [0.15, 0.2) is 5.01 Å². The van der Waals surface area contributed by atoms with Crippen LogP contribution in [-0.4, -0.2) is 41.3 Å². The number of nitrogens with zero attached hydrogens (tertiary/aromatic N) is 3. The third-order valence-corrected chi connectivity index (χ3v) is 6.32. The summed E-state index contributed by atoms with van der Waals surface area (Å²) in [5.74, 6) is 1.15. The van der Waals surface area contributed by atoms with Gasteiger partial charge in [-0.05, 0) is 30.5 Å². The molecule has 0 aliphatic carbocycles. The van der Waals surface area contributed by atoms with E-state index in [0.717, 1.165) is 52.8 Å². The monoisotopic (exact) mass is 408 g/mol. The molecule has 150 valence electrons. The van der Waals surface area contributed by atoms with Crippen LogP contribution in [0.1, 0.15) is 29.3 Å². The Morgan fingerprint density at radius 1 is 1.10 bits per heavy atom. The minimum Gasteiger partial charge on any atom is -0.496 e. The predicted molar refractivity (Wildman–Crippen MR) is 114 cm³/mol. The van der Waals surface area contributed by atoms with Gasteiger partial charge >= 0.3 is 6.03 Å². The van der Waals surface area contributed by atoms with Crippen molar-refractivity contribution in [3.8, 4) is 16.3 Å². The zero-order valence-electron chi connectivity index (χ0n) is 16.4. The fourth-order valence-electron chi connectivity index (χ4n) is 3.54. The third-order valence-electron chi connectivity index (χ3n) is 5.20. The van der Waals surface area contributed by atoms with Gasteiger partial charge in [-0.2, -0.15) is 0 Å². The Balaban J connectivity index is 1.33. The van der Waals surface area contributed by atoms with E-state index in [1.54, 1.807) is 18.4 Å². The van der Waals surface area contributed by atoms with E-state index in [0.29, 0.717) is 12.5 Å². The molecule has 3 aromatic rings. The van der Waals surface area contributed by atoms with Crippen LogP contribution in [0.3, 0.4) is 0 Å². The second-order valence-electron chi connectivity index (χ2n) is 7.05. The van der Waals surface area contributed by atoms with Gasteiger partial charge in [-0.25, -0.2) is 4.79 Å². The van der Waals surface area contributed by atoms with Crippen molar-refractivity contribution < 1.29 is 9.53 Å². The van der Waals surface area contributed by atoms with Crippen molar-refractivity contribution in [2.24, 2.45) is 0 Å². The van der Waals surface area contributed by atoms with E-state index in [1.807, 2.05) is 59.5 Å². The summed E-state index contributed by atoms with van der Waals surface area (Å²) in [4.78, 5) is 14.3. The topological polar surface area (TPSA) is 67.4 Å². The number of piperidine rings is 1. The smallest absolute Gasteiger partial charge is 0.317 e. The molecule has 1 N–H and O–H groups in total. The highest BCUT2D eigenvalue weighted by Crippen LogP contribution is 2.36. The average Bonchev–Trinajstić information content (AvgIpc) is 3.28. The van der Waals surface area contributed by atoms with Crippen LogP contribution in [0.25, 0.3) is 10.6 Å². The maximum absolute atomic E-state index is 12.4. The van der Waals surface area contributed by atoms with Gasteiger partial charge < -0.3 is 15.0 Å². The molecule has 1 aromatic heterocycles. The summed E-state index contributed by atoms with van der Waals surface area (Å²) >= 11 is 1.62. The van der Waals surface area contributed by atoms with Crippen molar-refractivity contribution in [2.45, 2.75) is 25.3 Å². The van der Waals surface area contributed by atoms with E-state index < -0.39 is 0 Å². The van der Waals surface area contributed by atoms with Crippen LogP contribution in [0.4, 0.5) is 4.79 Å². The lowest BCUT2D eigenvalue weighted by Crippen LogP contribution is -2.43. The molecule has 1 fully saturated rings. The van der Waals surface area contributed by atoms with E-state index in [1.165, 1.54) is 0 Å². The summed E-state index contributed by atoms with van der Waals surface area (Å²) < 4.78 is 5.44. The molecule has 0 unspecified atom stereocenters. The van der Waals surface area contributed by atoms with Crippen LogP contribution in [-0.2, 0) is 6.54 Å². The standard InChI is InChI=1S/C22H24N4O2S/c1-28-19-10-6-5-9-18(19)21-25-24-20(29-21)17-11-13-26(14-12-17)22(27)23-15-16-7-3-2-4-8-16/h2-10,17H,11-15H2,1H3,(H,23,27). The Kier molecular flexibility index (Phi) is 6.05. The van der Waals surface area contributed by atoms with Crippen molar-refractivity contribution in [3.63, 3.8) is 0 Å². The summed E-state index contributed by atoms with van der Waals surface area (Å²) in [6, 6.07) is 17.8. The fraction of sp³-hybridized carbons (Fsp3) is 0.318. The minimum absolute atomic E-state index is 0.000669. The van der Waals surface area contributed by atoms with E-state index in [-0.39, 0.29) is 6.03 Å². The van der Waals surface area contributed by atoms with Gasteiger partial charge in [0, 0.05) is 25.6 Å². The molecular weight excluding hydrogens is 384 g/mol. The average molecular weight is 409 g/mol. The minimum atomic E-state index is -0.000669. The number of rotatable bonds is 5. The predicted octanol–water partition coefficient (Wildman–Crippen LogP) is 4.30. The molecule has 0 radical (unpaired) electrons. The highest BCUT2D eigenvalue weighted by Gasteiger charge is 2.26. The van der Waals surface area contributed by atoms with Gasteiger partial charge in [0.05, 0.1) is 12.7 Å². The number of aromatic nitrogens is 2. The number of likely N-dealkylation sites (tertiary alicyclic amines) is 1. The highest BCUT2D eigenvalue weighted by atomic mass is 32.1. The molecule has 4 rings (SSSR count). The Hall–Kier alpha value is -2.93. The number of hydrogen-bond acceptors (Lipinski definition) is 5. The van der Waals surface area contributed by atoms with Crippen LogP contribution < -0.4 is 10.1 Å². The Labute approximate surface area is 174 Å². The molecule has 2 aromatic carbocycles. The Bertz CT molecular complexity index is 952. The van der Waals surface area contributed by atoms with Gasteiger partial charge in [-0.15, -0.1) is 10.2 Å². The number of amides is 2. The first kappa shape index (κ1) is 19.4. The van der Waals surface area contributed by atoms with E-state index in [4.69, 9.17) is 4.74 Å². The zero-order valence-corrected chi connectivity index (χ0v) is 17.2. The highest BCUT2D eigenvalue weighted by molar-refractivity contribution is 7.14. The molecule has 2 heterocycles. The zero-order chi connectivity index (χ0) is 20.1. The summed E-state index contributed by atoms with van der Waals surface area (Å²) in [6.45, 7) is 2.02. The quantitative estimate of drug-likeness (QED) is 0.683. The van der Waals surface area contributed by atoms with Gasteiger partial charge in [0.2, 0.25) is 0 Å². The SMILES string of the molecule is COc1ccccc1-c1nnc(C2CCN(C(=O)NCc3ccccc3)CC2)s1. The lowest BCUT2D eigenvalue weighted by atomic mass is 9.98. The number of methoxy groups -OCH3 is 1. The normalized spacial score (nSPS) is 14.6. The van der Waals surface area contributed by atoms with Gasteiger partial charge in [0.1, 0.15) is 10.8 Å². The molecule has 0 bridgehead atoms. The van der Waals surface area contributed by atoms with Gasteiger partial charge in [0.25, 0.3) is 0 Å². The first-order valence-electron chi connectivity index (χ1n) is 9.78. The summed E-state index contributed by atoms with van der Waals surface area (Å²) in [7, 11) is 1.67. The number of hydrogen-bond donors (Lipinski definition) is 1. The first-order chi connectivity index (χ1) is 14.2. The lowest BCUT2D eigenvalue weighted by Gasteiger charge is -2.31. The summed E-state index contributed by atoms with van der Waals surface area (Å²) in [5.41, 5.74) is 2.07. The van der Waals surface area contributed by atoms with Gasteiger partial charge in [-0.3, -0.25) is 0 Å². The number of urea groups is 1. The second-order valence-corrected chi connectivity index (χ2v) is 8.06. The molecule has 1 saturated heterocycles. The van der Waals surface area contributed by atoms with Crippen molar-refractivity contribution >= 4 is 17.4 Å². The molecule has 1 aliphatic rings.